The van der Waals surface area contributed by atoms with Crippen LogP contribution in [0.3, 0.4) is 0 Å². The van der Waals surface area contributed by atoms with Crippen molar-refractivity contribution >= 4 is 22.9 Å². The van der Waals surface area contributed by atoms with Gasteiger partial charge in [0, 0.05) is 17.8 Å². The lowest BCUT2D eigenvalue weighted by Gasteiger charge is -2.40. The average molecular weight is 278 g/mol. The van der Waals surface area contributed by atoms with Crippen molar-refractivity contribution in [2.24, 2.45) is 5.73 Å². The van der Waals surface area contributed by atoms with E-state index in [1.807, 2.05) is 0 Å². The van der Waals surface area contributed by atoms with Crippen molar-refractivity contribution in [3.63, 3.8) is 0 Å². The van der Waals surface area contributed by atoms with Gasteiger partial charge in [0.1, 0.15) is 4.99 Å². The van der Waals surface area contributed by atoms with Crippen LogP contribution < -0.4 is 10.6 Å². The third-order valence-electron chi connectivity index (χ3n) is 3.67. The topological polar surface area (TPSA) is 38.5 Å². The van der Waals surface area contributed by atoms with Gasteiger partial charge in [0.2, 0.25) is 0 Å². The zero-order valence-corrected chi connectivity index (χ0v) is 12.7. The Morgan fingerprint density at radius 1 is 1.53 bits per heavy atom. The molecule has 1 heterocycles. The van der Waals surface area contributed by atoms with Crippen LogP contribution in [-0.2, 0) is 4.74 Å². The number of ether oxygens (including phenoxy) is 1. The second-order valence-corrected chi connectivity index (χ2v) is 5.68. The smallest absolute Gasteiger partial charge is 0.106 e. The van der Waals surface area contributed by atoms with E-state index in [1.54, 1.807) is 0 Å². The zero-order chi connectivity index (χ0) is 14.0. The molecule has 1 fully saturated rings. The molecule has 19 heavy (non-hydrogen) atoms. The molecule has 0 saturated carbocycles. The Labute approximate surface area is 120 Å². The van der Waals surface area contributed by atoms with Gasteiger partial charge in [-0.25, -0.2) is 0 Å². The number of hydrogen-bond donors (Lipinski definition) is 1. The first-order valence-electron chi connectivity index (χ1n) is 6.81. The van der Waals surface area contributed by atoms with E-state index in [1.165, 1.54) is 5.56 Å². The van der Waals surface area contributed by atoms with E-state index in [2.05, 4.69) is 43.9 Å². The highest BCUT2D eigenvalue weighted by Crippen LogP contribution is 2.28. The predicted molar refractivity (Wildman–Crippen MR) is 83.9 cm³/mol. The van der Waals surface area contributed by atoms with Gasteiger partial charge < -0.3 is 15.4 Å². The molecule has 2 atom stereocenters. The number of morpholine rings is 1. The van der Waals surface area contributed by atoms with E-state index >= 15 is 0 Å². The van der Waals surface area contributed by atoms with Gasteiger partial charge in [-0.05, 0) is 32.4 Å². The fourth-order valence-corrected chi connectivity index (χ4v) is 2.74. The van der Waals surface area contributed by atoms with Crippen molar-refractivity contribution in [3.05, 3.63) is 29.3 Å². The van der Waals surface area contributed by atoms with Crippen molar-refractivity contribution in [1.82, 2.24) is 0 Å². The molecule has 2 unspecified atom stereocenters. The first kappa shape index (κ1) is 14.3. The number of anilines is 1. The highest BCUT2D eigenvalue weighted by molar-refractivity contribution is 7.80. The Balaban J connectivity index is 2.40. The molecule has 1 aromatic carbocycles. The van der Waals surface area contributed by atoms with Crippen LogP contribution in [-0.4, -0.2) is 30.3 Å². The summed E-state index contributed by atoms with van der Waals surface area (Å²) < 4.78 is 5.75. The molecule has 0 amide bonds. The zero-order valence-electron chi connectivity index (χ0n) is 11.8. The Morgan fingerprint density at radius 3 is 2.89 bits per heavy atom. The van der Waals surface area contributed by atoms with E-state index in [9.17, 15) is 0 Å². The van der Waals surface area contributed by atoms with Crippen LogP contribution in [0.4, 0.5) is 5.69 Å². The molecule has 0 aliphatic carbocycles. The Kier molecular flexibility index (Phi) is 4.42. The van der Waals surface area contributed by atoms with Gasteiger partial charge in [-0.3, -0.25) is 0 Å². The first-order valence-corrected chi connectivity index (χ1v) is 7.22. The molecule has 0 bridgehead atoms. The van der Waals surface area contributed by atoms with Gasteiger partial charge in [0.15, 0.2) is 0 Å². The maximum Gasteiger partial charge on any atom is 0.106 e. The molecule has 2 rings (SSSR count). The molecular formula is C15H22N2OS. The number of hydrogen-bond acceptors (Lipinski definition) is 3. The maximum absolute atomic E-state index is 5.89. The molecule has 1 aliphatic heterocycles. The molecule has 1 aliphatic rings. The third-order valence-corrected chi connectivity index (χ3v) is 3.89. The van der Waals surface area contributed by atoms with Gasteiger partial charge in [-0.15, -0.1) is 0 Å². The van der Waals surface area contributed by atoms with E-state index in [0.29, 0.717) is 11.0 Å². The molecule has 104 valence electrons. The summed E-state index contributed by atoms with van der Waals surface area (Å²) in [7, 11) is 0. The lowest BCUT2D eigenvalue weighted by Crippen LogP contribution is -2.49. The van der Waals surface area contributed by atoms with E-state index in [4.69, 9.17) is 22.7 Å². The monoisotopic (exact) mass is 278 g/mol. The molecule has 0 aromatic heterocycles. The standard InChI is InChI=1S/C15H22N2OS/c1-4-12-9-18-11(3)8-17(12)14-6-5-10(2)7-13(14)15(16)19/h5-7,11-12H,4,8-9H2,1-3H3,(H2,16,19). The first-order chi connectivity index (χ1) is 9.02. The lowest BCUT2D eigenvalue weighted by molar-refractivity contribution is 0.0299. The van der Waals surface area contributed by atoms with Crippen LogP contribution in [0, 0.1) is 6.92 Å². The minimum Gasteiger partial charge on any atom is -0.389 e. The van der Waals surface area contributed by atoms with Crippen LogP contribution in [0.25, 0.3) is 0 Å². The Bertz CT molecular complexity index is 475. The van der Waals surface area contributed by atoms with Crippen molar-refractivity contribution < 1.29 is 4.74 Å². The summed E-state index contributed by atoms with van der Waals surface area (Å²) in [5.74, 6) is 0. The van der Waals surface area contributed by atoms with Crippen molar-refractivity contribution in [3.8, 4) is 0 Å². The summed E-state index contributed by atoms with van der Waals surface area (Å²) in [5, 5.41) is 0. The number of aryl methyl sites for hydroxylation is 1. The van der Waals surface area contributed by atoms with Crippen LogP contribution >= 0.6 is 12.2 Å². The number of thiocarbonyl (C=S) groups is 1. The molecule has 1 saturated heterocycles. The molecule has 2 N–H and O–H groups in total. The average Bonchev–Trinajstić information content (AvgIpc) is 2.38. The van der Waals surface area contributed by atoms with Crippen LogP contribution in [0.1, 0.15) is 31.4 Å². The van der Waals surface area contributed by atoms with Gasteiger partial charge >= 0.3 is 0 Å². The normalized spacial score (nSPS) is 23.4. The number of nitrogens with two attached hydrogens (primary N) is 1. The minimum absolute atomic E-state index is 0.239. The Morgan fingerprint density at radius 2 is 2.26 bits per heavy atom. The SMILES string of the molecule is CCC1COC(C)CN1c1ccc(C)cc1C(N)=S. The molecule has 4 heteroatoms. The van der Waals surface area contributed by atoms with Gasteiger partial charge in [-0.1, -0.05) is 30.8 Å². The highest BCUT2D eigenvalue weighted by atomic mass is 32.1. The quantitative estimate of drug-likeness (QED) is 0.863. The van der Waals surface area contributed by atoms with Gasteiger partial charge in [-0.2, -0.15) is 0 Å². The van der Waals surface area contributed by atoms with Crippen molar-refractivity contribution in [1.29, 1.82) is 0 Å². The second-order valence-electron chi connectivity index (χ2n) is 5.24. The summed E-state index contributed by atoms with van der Waals surface area (Å²) in [5.41, 5.74) is 9.18. The van der Waals surface area contributed by atoms with Crippen molar-refractivity contribution in [2.75, 3.05) is 18.1 Å². The number of benzene rings is 1. The van der Waals surface area contributed by atoms with Crippen LogP contribution in [0.2, 0.25) is 0 Å². The second kappa shape index (κ2) is 5.88. The molecule has 1 aromatic rings. The highest BCUT2D eigenvalue weighted by Gasteiger charge is 2.27. The number of rotatable bonds is 3. The molecule has 3 nitrogen and oxygen atoms in total. The fraction of sp³-hybridized carbons (Fsp3) is 0.533. The molecule has 0 spiro atoms. The Hall–Kier alpha value is -1.13. The summed E-state index contributed by atoms with van der Waals surface area (Å²) in [4.78, 5) is 2.86. The summed E-state index contributed by atoms with van der Waals surface area (Å²) in [6.07, 6.45) is 1.29. The predicted octanol–water partition coefficient (Wildman–Crippen LogP) is 2.63. The van der Waals surface area contributed by atoms with Gasteiger partial charge in [0.05, 0.1) is 18.8 Å². The van der Waals surface area contributed by atoms with Gasteiger partial charge in [0.25, 0.3) is 0 Å². The molecule has 0 radical (unpaired) electrons. The number of nitrogens with zero attached hydrogens (tertiary/aromatic N) is 1. The molecular weight excluding hydrogens is 256 g/mol. The largest absolute Gasteiger partial charge is 0.389 e. The minimum atomic E-state index is 0.239. The summed E-state index contributed by atoms with van der Waals surface area (Å²) in [6, 6.07) is 6.71. The third kappa shape index (κ3) is 3.07. The summed E-state index contributed by atoms with van der Waals surface area (Å²) >= 11 is 5.20. The van der Waals surface area contributed by atoms with Crippen LogP contribution in [0.5, 0.6) is 0 Å². The summed E-state index contributed by atoms with van der Waals surface area (Å²) in [6.45, 7) is 8.00. The van der Waals surface area contributed by atoms with Crippen molar-refractivity contribution in [2.45, 2.75) is 39.3 Å². The maximum atomic E-state index is 5.89. The van der Waals surface area contributed by atoms with E-state index in [-0.39, 0.29) is 6.10 Å². The van der Waals surface area contributed by atoms with E-state index < -0.39 is 0 Å². The van der Waals surface area contributed by atoms with E-state index in [0.717, 1.165) is 30.8 Å². The fourth-order valence-electron chi connectivity index (χ4n) is 2.58. The lowest BCUT2D eigenvalue weighted by atomic mass is 10.0. The van der Waals surface area contributed by atoms with Crippen LogP contribution in [0.15, 0.2) is 18.2 Å².